The summed E-state index contributed by atoms with van der Waals surface area (Å²) in [7, 11) is -2.95. The maximum atomic E-state index is 12.0. The van der Waals surface area contributed by atoms with Gasteiger partial charge in [0.2, 0.25) is 10.0 Å². The van der Waals surface area contributed by atoms with E-state index in [0.717, 1.165) is 32.2 Å². The lowest BCUT2D eigenvalue weighted by Crippen LogP contribution is -2.45. The predicted molar refractivity (Wildman–Crippen MR) is 64.8 cm³/mol. The molecule has 2 aliphatic rings. The monoisotopic (exact) mass is 246 g/mol. The molecule has 0 aromatic carbocycles. The predicted octanol–water partition coefficient (Wildman–Crippen LogP) is 0.800. The molecule has 0 bridgehead atoms. The van der Waals surface area contributed by atoms with Gasteiger partial charge in [-0.3, -0.25) is 0 Å². The SMILES string of the molecule is CCNC1CCN(S(=O)(=O)CC2CC2)CC1. The molecule has 1 N–H and O–H groups in total. The van der Waals surface area contributed by atoms with Crippen LogP contribution in [0.15, 0.2) is 0 Å². The lowest BCUT2D eigenvalue weighted by atomic mass is 10.1. The van der Waals surface area contributed by atoms with Gasteiger partial charge in [0, 0.05) is 19.1 Å². The van der Waals surface area contributed by atoms with Crippen molar-refractivity contribution in [2.45, 2.75) is 38.6 Å². The van der Waals surface area contributed by atoms with Gasteiger partial charge in [0.25, 0.3) is 0 Å². The first-order valence-electron chi connectivity index (χ1n) is 6.33. The summed E-state index contributed by atoms with van der Waals surface area (Å²) >= 11 is 0. The van der Waals surface area contributed by atoms with Crippen molar-refractivity contribution in [3.05, 3.63) is 0 Å². The molecule has 16 heavy (non-hydrogen) atoms. The number of nitrogens with zero attached hydrogens (tertiary/aromatic N) is 1. The molecule has 1 aliphatic carbocycles. The van der Waals surface area contributed by atoms with Crippen LogP contribution in [0, 0.1) is 5.92 Å². The van der Waals surface area contributed by atoms with E-state index in [-0.39, 0.29) is 0 Å². The molecule has 0 aromatic heterocycles. The van der Waals surface area contributed by atoms with Gasteiger partial charge < -0.3 is 5.32 Å². The molecular weight excluding hydrogens is 224 g/mol. The highest BCUT2D eigenvalue weighted by Crippen LogP contribution is 2.31. The topological polar surface area (TPSA) is 49.4 Å². The second-order valence-corrected chi connectivity index (χ2v) is 6.97. The molecule has 0 radical (unpaired) electrons. The van der Waals surface area contributed by atoms with Crippen LogP contribution in [0.25, 0.3) is 0 Å². The summed E-state index contributed by atoms with van der Waals surface area (Å²) in [6, 6.07) is 0.511. The second kappa shape index (κ2) is 5.02. The molecule has 94 valence electrons. The van der Waals surface area contributed by atoms with Gasteiger partial charge >= 0.3 is 0 Å². The Hall–Kier alpha value is -0.130. The fourth-order valence-corrected chi connectivity index (χ4v) is 4.22. The third-order valence-corrected chi connectivity index (χ3v) is 5.53. The maximum absolute atomic E-state index is 12.0. The van der Waals surface area contributed by atoms with Crippen molar-refractivity contribution in [3.63, 3.8) is 0 Å². The van der Waals surface area contributed by atoms with Crippen LogP contribution in [0.1, 0.15) is 32.6 Å². The summed E-state index contributed by atoms with van der Waals surface area (Å²) in [5, 5.41) is 3.39. The molecular formula is C11H22N2O2S. The van der Waals surface area contributed by atoms with Gasteiger partial charge in [0.15, 0.2) is 0 Å². The van der Waals surface area contributed by atoms with Gasteiger partial charge in [-0.15, -0.1) is 0 Å². The van der Waals surface area contributed by atoms with Crippen molar-refractivity contribution in [2.24, 2.45) is 5.92 Å². The number of hydrogen-bond acceptors (Lipinski definition) is 3. The van der Waals surface area contributed by atoms with Crippen molar-refractivity contribution >= 4 is 10.0 Å². The van der Waals surface area contributed by atoms with E-state index in [0.29, 0.717) is 30.8 Å². The van der Waals surface area contributed by atoms with Gasteiger partial charge in [0.05, 0.1) is 5.75 Å². The molecule has 0 aromatic rings. The Kier molecular flexibility index (Phi) is 3.87. The van der Waals surface area contributed by atoms with Crippen LogP contribution in [-0.4, -0.2) is 44.2 Å². The summed E-state index contributed by atoms with van der Waals surface area (Å²) in [5.41, 5.74) is 0. The third-order valence-electron chi connectivity index (χ3n) is 3.48. The van der Waals surface area contributed by atoms with Crippen molar-refractivity contribution in [1.82, 2.24) is 9.62 Å². The van der Waals surface area contributed by atoms with Crippen LogP contribution in [0.4, 0.5) is 0 Å². The number of piperidine rings is 1. The molecule has 0 unspecified atom stereocenters. The fraction of sp³-hybridized carbons (Fsp3) is 1.00. The zero-order valence-corrected chi connectivity index (χ0v) is 10.8. The van der Waals surface area contributed by atoms with Crippen molar-refractivity contribution in [1.29, 1.82) is 0 Å². The molecule has 1 saturated heterocycles. The van der Waals surface area contributed by atoms with Crippen LogP contribution in [-0.2, 0) is 10.0 Å². The second-order valence-electron chi connectivity index (χ2n) is 4.95. The van der Waals surface area contributed by atoms with E-state index in [2.05, 4.69) is 12.2 Å². The van der Waals surface area contributed by atoms with E-state index < -0.39 is 10.0 Å². The number of rotatable bonds is 5. The minimum Gasteiger partial charge on any atom is -0.314 e. The molecule has 0 atom stereocenters. The standard InChI is InChI=1S/C11H22N2O2S/c1-2-12-11-5-7-13(8-6-11)16(14,15)9-10-3-4-10/h10-12H,2-9H2,1H3. The maximum Gasteiger partial charge on any atom is 0.214 e. The van der Waals surface area contributed by atoms with E-state index in [1.54, 1.807) is 4.31 Å². The van der Waals surface area contributed by atoms with Crippen molar-refractivity contribution in [3.8, 4) is 0 Å². The third kappa shape index (κ3) is 3.18. The molecule has 1 heterocycles. The van der Waals surface area contributed by atoms with Gasteiger partial charge in [-0.2, -0.15) is 0 Å². The Bertz CT molecular complexity index is 317. The quantitative estimate of drug-likeness (QED) is 0.780. The van der Waals surface area contributed by atoms with Crippen LogP contribution in [0.3, 0.4) is 0 Å². The van der Waals surface area contributed by atoms with Crippen molar-refractivity contribution in [2.75, 3.05) is 25.4 Å². The Balaban J connectivity index is 1.82. The molecule has 2 rings (SSSR count). The zero-order valence-electron chi connectivity index (χ0n) is 9.98. The molecule has 2 fully saturated rings. The molecule has 0 spiro atoms. The van der Waals surface area contributed by atoms with Crippen LogP contribution in [0.5, 0.6) is 0 Å². The lowest BCUT2D eigenvalue weighted by molar-refractivity contribution is 0.292. The highest BCUT2D eigenvalue weighted by molar-refractivity contribution is 7.89. The van der Waals surface area contributed by atoms with Crippen LogP contribution < -0.4 is 5.32 Å². The first kappa shape index (κ1) is 12.3. The highest BCUT2D eigenvalue weighted by Gasteiger charge is 2.33. The fourth-order valence-electron chi connectivity index (χ4n) is 2.31. The summed E-state index contributed by atoms with van der Waals surface area (Å²) in [6.45, 7) is 4.47. The van der Waals surface area contributed by atoms with Gasteiger partial charge in [-0.05, 0) is 38.1 Å². The first-order chi connectivity index (χ1) is 7.62. The minimum absolute atomic E-state index is 0.388. The van der Waals surface area contributed by atoms with Crippen LogP contribution >= 0.6 is 0 Å². The Morgan fingerprint density at radius 2 is 1.81 bits per heavy atom. The summed E-state index contributed by atoms with van der Waals surface area (Å²) in [5.74, 6) is 0.843. The molecule has 4 nitrogen and oxygen atoms in total. The molecule has 0 amide bonds. The van der Waals surface area contributed by atoms with E-state index in [4.69, 9.17) is 0 Å². The van der Waals surface area contributed by atoms with Crippen molar-refractivity contribution < 1.29 is 8.42 Å². The number of sulfonamides is 1. The smallest absolute Gasteiger partial charge is 0.214 e. The highest BCUT2D eigenvalue weighted by atomic mass is 32.2. The number of hydrogen-bond donors (Lipinski definition) is 1. The normalized spacial score (nSPS) is 24.8. The average Bonchev–Trinajstić information content (AvgIpc) is 3.02. The molecule has 5 heteroatoms. The molecule has 1 aliphatic heterocycles. The zero-order chi connectivity index (χ0) is 11.6. The van der Waals surface area contributed by atoms with Gasteiger partial charge in [-0.1, -0.05) is 6.92 Å². The van der Waals surface area contributed by atoms with Crippen LogP contribution in [0.2, 0.25) is 0 Å². The number of nitrogens with one attached hydrogen (secondary N) is 1. The average molecular weight is 246 g/mol. The van der Waals surface area contributed by atoms with E-state index in [1.807, 2.05) is 0 Å². The van der Waals surface area contributed by atoms with E-state index in [1.165, 1.54) is 0 Å². The Morgan fingerprint density at radius 1 is 1.19 bits per heavy atom. The minimum atomic E-state index is -2.95. The lowest BCUT2D eigenvalue weighted by Gasteiger charge is -2.31. The van der Waals surface area contributed by atoms with E-state index in [9.17, 15) is 8.42 Å². The van der Waals surface area contributed by atoms with E-state index >= 15 is 0 Å². The Morgan fingerprint density at radius 3 is 2.31 bits per heavy atom. The first-order valence-corrected chi connectivity index (χ1v) is 7.94. The summed E-state index contributed by atoms with van der Waals surface area (Å²) < 4.78 is 25.7. The summed E-state index contributed by atoms with van der Waals surface area (Å²) in [6.07, 6.45) is 4.12. The Labute approximate surface area is 98.4 Å². The van der Waals surface area contributed by atoms with Gasteiger partial charge in [0.1, 0.15) is 0 Å². The molecule has 1 saturated carbocycles. The largest absolute Gasteiger partial charge is 0.314 e. The van der Waals surface area contributed by atoms with Gasteiger partial charge in [-0.25, -0.2) is 12.7 Å². The summed E-state index contributed by atoms with van der Waals surface area (Å²) in [4.78, 5) is 0.